The Morgan fingerprint density at radius 1 is 0.512 bits per heavy atom. The zero-order valence-electron chi connectivity index (χ0n) is 42.4. The molecule has 0 bridgehead atoms. The van der Waals surface area contributed by atoms with E-state index in [0.29, 0.717) is 43.3 Å². The van der Waals surface area contributed by atoms with Gasteiger partial charge in [-0.2, -0.15) is 35.8 Å². The molecule has 0 fully saturated rings. The molecule has 0 spiro atoms. The normalized spacial score (nSPS) is 18.5. The fourth-order valence-electron chi connectivity index (χ4n) is 6.68. The average Bonchev–Trinajstić information content (AvgIpc) is 4.35. The van der Waals surface area contributed by atoms with Crippen molar-refractivity contribution in [3.8, 4) is 5.75 Å². The number of carbonyl (C=O) groups excluding carboxylic acids is 6. The molecule has 0 amide bonds. The van der Waals surface area contributed by atoms with Crippen LogP contribution in [-0.4, -0.2) is 42.9 Å². The molecule has 0 saturated carbocycles. The Kier molecular flexibility index (Phi) is 25.8. The minimum atomic E-state index is -4.38. The van der Waals surface area contributed by atoms with E-state index in [1.807, 2.05) is 112 Å². The fourth-order valence-corrected chi connectivity index (χ4v) is 9.34. The van der Waals surface area contributed by atoms with Crippen LogP contribution in [0, 0.1) is 0 Å². The third-order valence-electron chi connectivity index (χ3n) is 10.4. The van der Waals surface area contributed by atoms with Crippen LogP contribution in [-0.2, 0) is 63.4 Å². The number of hydrogen-bond donors (Lipinski definition) is 0. The molecule has 84 heavy (non-hydrogen) atoms. The SMILES string of the molecule is C.C.COc1ccc(/C=C2/C=CC(=O)O2)cc1.O=C1C=C(Br)/C(=C/C2=CC=CC2)O1.O=C1C=C(Br)/C(=C/c2ccsc2)O1.O=C1C=C/C(=C/c2cccc(C(F)(F)F)c2)O1.O=C1C=C/C(=C/c2cccs2)O1.O=C1C=C/C(=C/c2ccsc2)O1. The minimum absolute atomic E-state index is 0. The van der Waals surface area contributed by atoms with Gasteiger partial charge in [0.15, 0.2) is 0 Å². The lowest BCUT2D eigenvalue weighted by atomic mass is 10.1. The van der Waals surface area contributed by atoms with Crippen molar-refractivity contribution in [2.45, 2.75) is 27.5 Å². The lowest BCUT2D eigenvalue weighted by Crippen LogP contribution is -2.04. The number of rotatable bonds is 7. The van der Waals surface area contributed by atoms with E-state index in [2.05, 4.69) is 37.9 Å². The van der Waals surface area contributed by atoms with Crippen LogP contribution < -0.4 is 4.74 Å². The molecule has 0 radical (unpaired) electrons. The molecule has 3 aromatic heterocycles. The maximum Gasteiger partial charge on any atom is 0.416 e. The van der Waals surface area contributed by atoms with Crippen molar-refractivity contribution in [2.24, 2.45) is 0 Å². The van der Waals surface area contributed by atoms with Gasteiger partial charge in [-0.1, -0.05) is 63.4 Å². The summed E-state index contributed by atoms with van der Waals surface area (Å²) < 4.78 is 72.9. The molecular formula is C63H49Br2F3O13S3. The molecule has 21 heteroatoms. The van der Waals surface area contributed by atoms with E-state index >= 15 is 0 Å². The van der Waals surface area contributed by atoms with Gasteiger partial charge in [-0.15, -0.1) is 11.3 Å². The molecule has 0 atom stereocenters. The summed E-state index contributed by atoms with van der Waals surface area (Å²) in [7, 11) is 1.62. The Morgan fingerprint density at radius 3 is 1.40 bits per heavy atom. The number of methoxy groups -OCH3 is 1. The number of halogens is 5. The van der Waals surface area contributed by atoms with Gasteiger partial charge in [0.2, 0.25) is 0 Å². The van der Waals surface area contributed by atoms with Crippen molar-refractivity contribution in [1.29, 1.82) is 0 Å². The van der Waals surface area contributed by atoms with Gasteiger partial charge in [0, 0.05) is 41.3 Å². The molecule has 0 N–H and O–H groups in total. The topological polar surface area (TPSA) is 167 Å². The Hall–Kier alpha value is -8.73. The molecule has 432 valence electrons. The van der Waals surface area contributed by atoms with E-state index in [1.165, 1.54) is 60.7 Å². The van der Waals surface area contributed by atoms with Gasteiger partial charge in [-0.3, -0.25) is 0 Å². The third-order valence-corrected chi connectivity index (χ3v) is 13.8. The largest absolute Gasteiger partial charge is 0.497 e. The van der Waals surface area contributed by atoms with Crippen LogP contribution in [0.1, 0.15) is 54.0 Å². The second kappa shape index (κ2) is 32.8. The van der Waals surface area contributed by atoms with Gasteiger partial charge in [0.25, 0.3) is 0 Å². The van der Waals surface area contributed by atoms with Crippen LogP contribution in [0.4, 0.5) is 13.2 Å². The molecule has 5 aromatic rings. The quantitative estimate of drug-likeness (QED) is 0.112. The summed E-state index contributed by atoms with van der Waals surface area (Å²) in [5.41, 5.74) is 3.81. The first kappa shape index (κ1) is 66.1. The number of alkyl halides is 3. The molecule has 13 nitrogen and oxygen atoms in total. The molecule has 9 heterocycles. The molecule has 7 aliphatic rings. The summed E-state index contributed by atoms with van der Waals surface area (Å²) >= 11 is 11.3. The molecule has 6 aliphatic heterocycles. The highest BCUT2D eigenvalue weighted by molar-refractivity contribution is 9.12. The van der Waals surface area contributed by atoms with Crippen molar-refractivity contribution in [1.82, 2.24) is 0 Å². The molecule has 1 aliphatic carbocycles. The summed E-state index contributed by atoms with van der Waals surface area (Å²) in [6, 6.07) is 20.1. The summed E-state index contributed by atoms with van der Waals surface area (Å²) in [5.74, 6) is 1.91. The third kappa shape index (κ3) is 22.2. The first-order chi connectivity index (χ1) is 39.4. The molecule has 12 rings (SSSR count). The number of carbonyl (C=O) groups is 6. The number of esters is 6. The molecule has 0 unspecified atom stereocenters. The number of hydrogen-bond acceptors (Lipinski definition) is 16. The van der Waals surface area contributed by atoms with Crippen molar-refractivity contribution in [3.05, 3.63) is 267 Å². The van der Waals surface area contributed by atoms with Crippen molar-refractivity contribution < 1.29 is 75.1 Å². The van der Waals surface area contributed by atoms with Gasteiger partial charge in [0.1, 0.15) is 40.3 Å². The second-order valence-electron chi connectivity index (χ2n) is 16.4. The average molecular weight is 1330 g/mol. The zero-order valence-corrected chi connectivity index (χ0v) is 48.0. The van der Waals surface area contributed by atoms with Gasteiger partial charge < -0.3 is 33.2 Å². The minimum Gasteiger partial charge on any atom is -0.497 e. The van der Waals surface area contributed by atoms with E-state index in [9.17, 15) is 41.9 Å². The highest BCUT2D eigenvalue weighted by Crippen LogP contribution is 2.31. The fraction of sp³-hybridized carbons (Fsp3) is 0.0794. The van der Waals surface area contributed by atoms with Crippen molar-refractivity contribution in [2.75, 3.05) is 7.11 Å². The number of cyclic esters (lactones) is 6. The number of benzene rings is 2. The molecule has 0 saturated heterocycles. The number of thiophene rings is 3. The smallest absolute Gasteiger partial charge is 0.416 e. The Balaban J connectivity index is 0.000000184. The predicted octanol–water partition coefficient (Wildman–Crippen LogP) is 16.5. The van der Waals surface area contributed by atoms with Gasteiger partial charge >= 0.3 is 42.0 Å². The summed E-state index contributed by atoms with van der Waals surface area (Å²) in [6.45, 7) is 0. The monoisotopic (exact) mass is 1320 g/mol. The first-order valence-corrected chi connectivity index (χ1v) is 28.1. The Bertz CT molecular complexity index is 3570. The number of ether oxygens (including phenoxy) is 7. The van der Waals surface area contributed by atoms with E-state index in [0.717, 1.165) is 51.4 Å². The lowest BCUT2D eigenvalue weighted by Gasteiger charge is -2.06. The second-order valence-corrected chi connectivity index (χ2v) is 20.7. The van der Waals surface area contributed by atoms with E-state index in [-0.39, 0.29) is 50.5 Å². The highest BCUT2D eigenvalue weighted by Gasteiger charge is 2.30. The highest BCUT2D eigenvalue weighted by atomic mass is 79.9. The lowest BCUT2D eigenvalue weighted by molar-refractivity contribution is -0.138. The van der Waals surface area contributed by atoms with E-state index < -0.39 is 17.7 Å². The van der Waals surface area contributed by atoms with Crippen LogP contribution in [0.2, 0.25) is 0 Å². The Morgan fingerprint density at radius 2 is 1.00 bits per heavy atom. The summed E-state index contributed by atoms with van der Waals surface area (Å²) in [5, 5.41) is 9.91. The predicted molar refractivity (Wildman–Crippen MR) is 328 cm³/mol. The first-order valence-electron chi connectivity index (χ1n) is 23.8. The van der Waals surface area contributed by atoms with Gasteiger partial charge in [-0.25, -0.2) is 28.8 Å². The number of allylic oxidation sites excluding steroid dienone is 11. The maximum absolute atomic E-state index is 12.4. The summed E-state index contributed by atoms with van der Waals surface area (Å²) in [4.78, 5) is 65.5. The Labute approximate surface area is 510 Å². The van der Waals surface area contributed by atoms with Crippen LogP contribution >= 0.6 is 65.9 Å². The molecular weight excluding hydrogens is 1280 g/mol. The maximum atomic E-state index is 12.4. The van der Waals surface area contributed by atoms with Gasteiger partial charge in [-0.05, 0) is 196 Å². The van der Waals surface area contributed by atoms with Crippen molar-refractivity contribution >= 4 is 132 Å². The van der Waals surface area contributed by atoms with Crippen LogP contribution in [0.25, 0.3) is 30.4 Å². The van der Waals surface area contributed by atoms with E-state index in [4.69, 9.17) is 33.2 Å². The van der Waals surface area contributed by atoms with Crippen LogP contribution in [0.5, 0.6) is 5.75 Å². The van der Waals surface area contributed by atoms with Crippen molar-refractivity contribution in [3.63, 3.8) is 0 Å². The standard InChI is InChI=1S/C12H7F3O2.C12H10O3.C10H7BrO2.C9H5BrO2S.2C9H6O2S.2CH4/c13-12(14,15)9-3-1-2-8(6-9)7-10-4-5-11(16)17-10;1-14-10-4-2-9(3-5-10)8-11-6-7-12(13)15-11;11-8-6-10(12)13-9(8)5-7-3-1-2-4-7;10-7-4-9(11)12-8(7)3-6-1-2-13-5-6;10-9-2-1-8(11-9)5-7-3-4-12-6-7;10-9-4-3-7(11-9)6-8-2-1-5-12-8;;/h1-7H;2-8H,1H3;1-3,5-6H,4H2;1-5H;2*1-6H;2*1H4/b10-7-;11-8-;9-5-;8-3-;8-5-;7-6-;;. The van der Waals surface area contributed by atoms with Gasteiger partial charge in [0.05, 0.1) is 21.6 Å². The molecule has 2 aromatic carbocycles. The van der Waals surface area contributed by atoms with Crippen LogP contribution in [0.15, 0.2) is 234 Å². The summed E-state index contributed by atoms with van der Waals surface area (Å²) in [6.07, 6.45) is 27.8. The van der Waals surface area contributed by atoms with Crippen LogP contribution in [0.3, 0.4) is 0 Å². The van der Waals surface area contributed by atoms with E-state index in [1.54, 1.807) is 65.4 Å². The zero-order chi connectivity index (χ0) is 58.4.